The molecule has 1 aromatic heterocycles. The third-order valence-corrected chi connectivity index (χ3v) is 2.01. The van der Waals surface area contributed by atoms with Crippen LogP contribution < -0.4 is 11.2 Å². The molecule has 1 heterocycles. The first kappa shape index (κ1) is 12.6. The van der Waals surface area contributed by atoms with Gasteiger partial charge in [0, 0.05) is 11.8 Å². The molecule has 1 rings (SSSR count). The minimum Gasteiger partial charge on any atom is -0.394 e. The van der Waals surface area contributed by atoms with Gasteiger partial charge in [0.05, 0.1) is 6.61 Å². The normalized spacial score (nSPS) is 12.7. The van der Waals surface area contributed by atoms with Crippen molar-refractivity contribution < 1.29 is 14.2 Å². The second-order valence-electron chi connectivity index (χ2n) is 3.30. The van der Waals surface area contributed by atoms with Crippen LogP contribution in [0.4, 0.5) is 4.39 Å². The van der Waals surface area contributed by atoms with E-state index in [4.69, 9.17) is 9.84 Å². The van der Waals surface area contributed by atoms with Gasteiger partial charge in [-0.2, -0.15) is 0 Å². The number of nitrogens with one attached hydrogen (secondary N) is 1. The van der Waals surface area contributed by atoms with Crippen LogP contribution in [0.25, 0.3) is 0 Å². The van der Waals surface area contributed by atoms with Crippen LogP contribution in [-0.2, 0) is 11.5 Å². The highest BCUT2D eigenvalue weighted by Crippen LogP contribution is 1.94. The molecule has 0 spiro atoms. The Bertz CT molecular complexity index is 450. The number of aryl methyl sites for hydroxylation is 1. The fraction of sp³-hybridized carbons (Fsp3) is 0.556. The van der Waals surface area contributed by atoms with Crippen molar-refractivity contribution >= 4 is 0 Å². The van der Waals surface area contributed by atoms with Crippen LogP contribution in [0.2, 0.25) is 0 Å². The Morgan fingerprint density at radius 1 is 1.62 bits per heavy atom. The highest BCUT2D eigenvalue weighted by molar-refractivity contribution is 5.00. The van der Waals surface area contributed by atoms with Crippen molar-refractivity contribution in [3.05, 3.63) is 32.6 Å². The Morgan fingerprint density at radius 3 is 2.88 bits per heavy atom. The van der Waals surface area contributed by atoms with E-state index in [9.17, 15) is 14.0 Å². The van der Waals surface area contributed by atoms with E-state index in [0.29, 0.717) is 5.56 Å². The summed E-state index contributed by atoms with van der Waals surface area (Å²) in [4.78, 5) is 24.4. The predicted molar refractivity (Wildman–Crippen MR) is 54.0 cm³/mol. The molecule has 0 saturated carbocycles. The molecular weight excluding hydrogens is 219 g/mol. The van der Waals surface area contributed by atoms with Crippen LogP contribution in [0.15, 0.2) is 15.8 Å². The van der Waals surface area contributed by atoms with Gasteiger partial charge in [-0.1, -0.05) is 0 Å². The zero-order chi connectivity index (χ0) is 12.1. The van der Waals surface area contributed by atoms with E-state index in [1.807, 2.05) is 0 Å². The van der Waals surface area contributed by atoms with Crippen LogP contribution in [0.5, 0.6) is 0 Å². The average molecular weight is 232 g/mol. The molecular formula is C9H13FN2O4. The van der Waals surface area contributed by atoms with Gasteiger partial charge < -0.3 is 9.84 Å². The minimum absolute atomic E-state index is 0.217. The lowest BCUT2D eigenvalue weighted by atomic mass is 10.4. The van der Waals surface area contributed by atoms with E-state index in [0.717, 1.165) is 4.57 Å². The van der Waals surface area contributed by atoms with Gasteiger partial charge in [0.25, 0.3) is 5.56 Å². The van der Waals surface area contributed by atoms with Crippen molar-refractivity contribution in [3.63, 3.8) is 0 Å². The molecule has 1 aromatic rings. The molecule has 90 valence electrons. The monoisotopic (exact) mass is 232 g/mol. The summed E-state index contributed by atoms with van der Waals surface area (Å²) in [6, 6.07) is 0. The Balaban J connectivity index is 2.78. The average Bonchev–Trinajstić information content (AvgIpc) is 2.26. The first-order chi connectivity index (χ1) is 7.58. The van der Waals surface area contributed by atoms with E-state index in [1.165, 1.54) is 13.1 Å². The molecule has 0 aliphatic carbocycles. The third-order valence-electron chi connectivity index (χ3n) is 2.01. The van der Waals surface area contributed by atoms with Gasteiger partial charge in [-0.15, -0.1) is 0 Å². The molecule has 0 unspecified atom stereocenters. The quantitative estimate of drug-likeness (QED) is 0.692. The molecule has 1 atom stereocenters. The minimum atomic E-state index is -0.959. The molecule has 0 fully saturated rings. The number of hydrogen-bond acceptors (Lipinski definition) is 4. The lowest BCUT2D eigenvalue weighted by molar-refractivity contribution is -0.0364. The molecule has 2 N–H and O–H groups in total. The third kappa shape index (κ3) is 3.01. The zero-order valence-electron chi connectivity index (χ0n) is 8.77. The number of aromatic amines is 1. The molecule has 6 nitrogen and oxygen atoms in total. The van der Waals surface area contributed by atoms with Crippen LogP contribution in [0.1, 0.15) is 5.56 Å². The van der Waals surface area contributed by atoms with Crippen LogP contribution in [0.3, 0.4) is 0 Å². The molecule has 0 radical (unpaired) electrons. The molecule has 0 aliphatic heterocycles. The van der Waals surface area contributed by atoms with Crippen molar-refractivity contribution in [1.29, 1.82) is 0 Å². The molecule has 0 bridgehead atoms. The van der Waals surface area contributed by atoms with Gasteiger partial charge >= 0.3 is 5.69 Å². The summed E-state index contributed by atoms with van der Waals surface area (Å²) in [7, 11) is 0. The van der Waals surface area contributed by atoms with Crippen molar-refractivity contribution in [2.24, 2.45) is 0 Å². The number of aliphatic hydroxyl groups excluding tert-OH is 1. The number of H-pyrrole nitrogens is 1. The van der Waals surface area contributed by atoms with E-state index in [1.54, 1.807) is 0 Å². The largest absolute Gasteiger partial charge is 0.394 e. The summed E-state index contributed by atoms with van der Waals surface area (Å²) < 4.78 is 18.2. The van der Waals surface area contributed by atoms with Crippen LogP contribution >= 0.6 is 0 Å². The Hall–Kier alpha value is -1.47. The smallest absolute Gasteiger partial charge is 0.330 e. The second kappa shape index (κ2) is 5.57. The van der Waals surface area contributed by atoms with Gasteiger partial charge in [-0.3, -0.25) is 14.3 Å². The number of halogens is 1. The van der Waals surface area contributed by atoms with Gasteiger partial charge in [0.1, 0.15) is 19.5 Å². The fourth-order valence-corrected chi connectivity index (χ4v) is 1.05. The van der Waals surface area contributed by atoms with Crippen molar-refractivity contribution in [1.82, 2.24) is 9.55 Å². The molecule has 0 aliphatic rings. The Kier molecular flexibility index (Phi) is 4.39. The van der Waals surface area contributed by atoms with E-state index in [-0.39, 0.29) is 6.73 Å². The maximum atomic E-state index is 12.2. The van der Waals surface area contributed by atoms with E-state index >= 15 is 0 Å². The number of aliphatic hydroxyl groups is 1. The topological polar surface area (TPSA) is 84.3 Å². The second-order valence-corrected chi connectivity index (χ2v) is 3.30. The van der Waals surface area contributed by atoms with Crippen molar-refractivity contribution in [2.75, 3.05) is 13.3 Å². The maximum absolute atomic E-state index is 12.2. The highest BCUT2D eigenvalue weighted by Gasteiger charge is 2.08. The van der Waals surface area contributed by atoms with E-state index in [2.05, 4.69) is 4.98 Å². The van der Waals surface area contributed by atoms with Gasteiger partial charge in [-0.05, 0) is 6.92 Å². The molecule has 16 heavy (non-hydrogen) atoms. The fourth-order valence-electron chi connectivity index (χ4n) is 1.05. The van der Waals surface area contributed by atoms with Gasteiger partial charge in [-0.25, -0.2) is 9.18 Å². The Morgan fingerprint density at radius 2 is 2.31 bits per heavy atom. The standard InChI is InChI=1S/C9H13FN2O4/c1-6-3-12(9(15)11-8(6)14)5-16-7(2-10)4-13/h3,7,13H,2,4-5H2,1H3,(H,11,14,15)/t7-/m0/s1. The molecule has 0 saturated heterocycles. The summed E-state index contributed by atoms with van der Waals surface area (Å²) >= 11 is 0. The SMILES string of the molecule is Cc1cn(CO[C@H](CO)CF)c(=O)[nH]c1=O. The zero-order valence-corrected chi connectivity index (χ0v) is 8.77. The summed E-state index contributed by atoms with van der Waals surface area (Å²) in [5, 5.41) is 8.66. The van der Waals surface area contributed by atoms with Crippen LogP contribution in [0, 0.1) is 6.92 Å². The Labute approximate surface area is 90.3 Å². The number of nitrogens with zero attached hydrogens (tertiary/aromatic N) is 1. The maximum Gasteiger partial charge on any atom is 0.330 e. The van der Waals surface area contributed by atoms with E-state index < -0.39 is 30.6 Å². The number of hydrogen-bond donors (Lipinski definition) is 2. The molecule has 0 aromatic carbocycles. The lowest BCUT2D eigenvalue weighted by Crippen LogP contribution is -2.33. The van der Waals surface area contributed by atoms with Crippen molar-refractivity contribution in [2.45, 2.75) is 19.8 Å². The summed E-state index contributed by atoms with van der Waals surface area (Å²) in [5.74, 6) is 0. The number of ether oxygens (including phenoxy) is 1. The summed E-state index contributed by atoms with van der Waals surface area (Å²) in [6.45, 7) is 0.0141. The number of aromatic nitrogens is 2. The van der Waals surface area contributed by atoms with Gasteiger partial charge in [0.2, 0.25) is 0 Å². The summed E-state index contributed by atoms with van der Waals surface area (Å²) in [6.07, 6.45) is 0.354. The predicted octanol–water partition coefficient (Wildman–Crippen LogP) is -0.850. The number of alkyl halides is 1. The first-order valence-electron chi connectivity index (χ1n) is 4.67. The van der Waals surface area contributed by atoms with Crippen molar-refractivity contribution in [3.8, 4) is 0 Å². The van der Waals surface area contributed by atoms with Crippen LogP contribution in [-0.4, -0.2) is 34.0 Å². The first-order valence-corrected chi connectivity index (χ1v) is 4.67. The van der Waals surface area contributed by atoms with Gasteiger partial charge in [0.15, 0.2) is 0 Å². The molecule has 7 heteroatoms. The molecule has 0 amide bonds. The summed E-state index contributed by atoms with van der Waals surface area (Å²) in [5.41, 5.74) is -0.749. The number of rotatable bonds is 5. The highest BCUT2D eigenvalue weighted by atomic mass is 19.1. The lowest BCUT2D eigenvalue weighted by Gasteiger charge is -2.12.